The van der Waals surface area contributed by atoms with Crippen LogP contribution in [0.3, 0.4) is 0 Å². The van der Waals surface area contributed by atoms with Crippen molar-refractivity contribution in [1.29, 1.82) is 0 Å². The minimum atomic E-state index is 0.529. The van der Waals surface area contributed by atoms with Crippen molar-refractivity contribution in [2.24, 2.45) is 0 Å². The largest absolute Gasteiger partial charge is 0.497 e. The molecule has 3 aromatic rings. The van der Waals surface area contributed by atoms with E-state index in [1.807, 2.05) is 30.3 Å². The van der Waals surface area contributed by atoms with Crippen LogP contribution in [0.25, 0.3) is 20.7 Å². The third-order valence-corrected chi connectivity index (χ3v) is 4.01. The molecule has 0 saturated heterocycles. The van der Waals surface area contributed by atoms with Gasteiger partial charge in [0, 0.05) is 10.3 Å². The van der Waals surface area contributed by atoms with Gasteiger partial charge in [-0.2, -0.15) is 0 Å². The van der Waals surface area contributed by atoms with Crippen molar-refractivity contribution in [2.75, 3.05) is 7.11 Å². The molecular weight excluding hydrogens is 266 g/mol. The number of hydrogen-bond donors (Lipinski definition) is 0. The second kappa shape index (κ2) is 4.59. The van der Waals surface area contributed by atoms with Gasteiger partial charge in [-0.05, 0) is 35.9 Å². The number of pyridine rings is 1. The topological polar surface area (TPSA) is 22.1 Å². The summed E-state index contributed by atoms with van der Waals surface area (Å²) in [5.41, 5.74) is 1.13. The number of benzene rings is 1. The van der Waals surface area contributed by atoms with E-state index in [1.54, 1.807) is 18.4 Å². The molecule has 0 aliphatic heterocycles. The third kappa shape index (κ3) is 2.07. The fourth-order valence-electron chi connectivity index (χ4n) is 1.81. The van der Waals surface area contributed by atoms with Crippen molar-refractivity contribution < 1.29 is 4.74 Å². The molecule has 0 unspecified atom stereocenters. The lowest BCUT2D eigenvalue weighted by atomic mass is 10.1. The van der Waals surface area contributed by atoms with Crippen molar-refractivity contribution in [2.45, 2.75) is 0 Å². The monoisotopic (exact) mass is 275 g/mol. The molecule has 0 spiro atoms. The second-order valence-electron chi connectivity index (χ2n) is 3.87. The molecular formula is C14H10ClNOS. The van der Waals surface area contributed by atoms with Gasteiger partial charge in [-0.25, -0.2) is 4.98 Å². The molecule has 18 heavy (non-hydrogen) atoms. The van der Waals surface area contributed by atoms with Crippen LogP contribution in [0.2, 0.25) is 5.15 Å². The first-order chi connectivity index (χ1) is 8.76. The lowest BCUT2D eigenvalue weighted by Gasteiger charge is -2.01. The number of ether oxygens (including phenoxy) is 1. The first-order valence-electron chi connectivity index (χ1n) is 5.47. The molecule has 0 aliphatic carbocycles. The predicted molar refractivity (Wildman–Crippen MR) is 76.6 cm³/mol. The van der Waals surface area contributed by atoms with Crippen LogP contribution in [0.1, 0.15) is 0 Å². The summed E-state index contributed by atoms with van der Waals surface area (Å²) in [5.74, 6) is 0.857. The number of fused-ring (bicyclic) bond motifs is 1. The zero-order valence-corrected chi connectivity index (χ0v) is 11.3. The highest BCUT2D eigenvalue weighted by Gasteiger charge is 2.06. The minimum Gasteiger partial charge on any atom is -0.497 e. The van der Waals surface area contributed by atoms with Gasteiger partial charge in [0.15, 0.2) is 0 Å². The molecule has 2 heterocycles. The van der Waals surface area contributed by atoms with Crippen LogP contribution < -0.4 is 4.74 Å². The van der Waals surface area contributed by atoms with Gasteiger partial charge in [0.2, 0.25) is 0 Å². The summed E-state index contributed by atoms with van der Waals surface area (Å²) in [5, 5.41) is 1.64. The zero-order chi connectivity index (χ0) is 12.5. The summed E-state index contributed by atoms with van der Waals surface area (Å²) in [6, 6.07) is 13.9. The van der Waals surface area contributed by atoms with Crippen LogP contribution in [-0.2, 0) is 0 Å². The molecule has 0 bridgehead atoms. The van der Waals surface area contributed by atoms with E-state index in [0.29, 0.717) is 5.15 Å². The van der Waals surface area contributed by atoms with Crippen LogP contribution in [0.15, 0.2) is 42.5 Å². The van der Waals surface area contributed by atoms with E-state index >= 15 is 0 Å². The Balaban J connectivity index is 2.13. The zero-order valence-electron chi connectivity index (χ0n) is 9.68. The fraction of sp³-hybridized carbons (Fsp3) is 0.0714. The number of nitrogens with zero attached hydrogens (tertiary/aromatic N) is 1. The molecule has 0 radical (unpaired) electrons. The van der Waals surface area contributed by atoms with Crippen molar-refractivity contribution in [3.8, 4) is 16.2 Å². The van der Waals surface area contributed by atoms with Gasteiger partial charge in [0.1, 0.15) is 15.7 Å². The number of rotatable bonds is 2. The van der Waals surface area contributed by atoms with Crippen molar-refractivity contribution in [3.63, 3.8) is 0 Å². The van der Waals surface area contributed by atoms with Crippen LogP contribution in [0, 0.1) is 0 Å². The van der Waals surface area contributed by atoms with Gasteiger partial charge >= 0.3 is 0 Å². The maximum absolute atomic E-state index is 5.90. The Morgan fingerprint density at radius 1 is 1.17 bits per heavy atom. The molecule has 2 nitrogen and oxygen atoms in total. The predicted octanol–water partition coefficient (Wildman–Crippen LogP) is 4.63. The first kappa shape index (κ1) is 11.5. The van der Waals surface area contributed by atoms with E-state index in [0.717, 1.165) is 21.5 Å². The molecule has 0 atom stereocenters. The summed E-state index contributed by atoms with van der Waals surface area (Å²) < 4.78 is 5.24. The van der Waals surface area contributed by atoms with Crippen LogP contribution >= 0.6 is 22.9 Å². The summed E-state index contributed by atoms with van der Waals surface area (Å²) in [6.45, 7) is 0. The van der Waals surface area contributed by atoms with E-state index in [4.69, 9.17) is 16.3 Å². The van der Waals surface area contributed by atoms with Gasteiger partial charge in [0.05, 0.1) is 7.11 Å². The van der Waals surface area contributed by atoms with Crippen LogP contribution in [0.5, 0.6) is 5.75 Å². The van der Waals surface area contributed by atoms with Gasteiger partial charge in [-0.3, -0.25) is 0 Å². The normalized spacial score (nSPS) is 10.8. The standard InChI is InChI=1S/C14H10ClNOS/c1-17-11-4-2-3-9(7-11)12-8-10-5-6-13(15)16-14(10)18-12/h2-8H,1H3. The maximum Gasteiger partial charge on any atom is 0.130 e. The van der Waals surface area contributed by atoms with Gasteiger partial charge in [0.25, 0.3) is 0 Å². The van der Waals surface area contributed by atoms with Crippen LogP contribution in [0.4, 0.5) is 0 Å². The quantitative estimate of drug-likeness (QED) is 0.637. The average Bonchev–Trinajstić information content (AvgIpc) is 2.81. The Hall–Kier alpha value is -1.58. The summed E-state index contributed by atoms with van der Waals surface area (Å²) in [4.78, 5) is 6.44. The molecule has 0 aliphatic rings. The Morgan fingerprint density at radius 2 is 2.06 bits per heavy atom. The molecule has 0 amide bonds. The van der Waals surface area contributed by atoms with Gasteiger partial charge in [-0.15, -0.1) is 11.3 Å². The SMILES string of the molecule is COc1cccc(-c2cc3ccc(Cl)nc3s2)c1. The Labute approximate surface area is 114 Å². The van der Waals surface area contributed by atoms with E-state index < -0.39 is 0 Å². The van der Waals surface area contributed by atoms with Gasteiger partial charge < -0.3 is 4.74 Å². The van der Waals surface area contributed by atoms with E-state index in [2.05, 4.69) is 17.1 Å². The molecule has 0 fully saturated rings. The van der Waals surface area contributed by atoms with E-state index in [-0.39, 0.29) is 0 Å². The average molecular weight is 276 g/mol. The maximum atomic E-state index is 5.90. The van der Waals surface area contributed by atoms with Crippen molar-refractivity contribution in [1.82, 2.24) is 4.98 Å². The molecule has 0 N–H and O–H groups in total. The number of thiophene rings is 1. The lowest BCUT2D eigenvalue weighted by Crippen LogP contribution is -1.81. The first-order valence-corrected chi connectivity index (χ1v) is 6.66. The number of methoxy groups -OCH3 is 1. The summed E-state index contributed by atoms with van der Waals surface area (Å²) >= 11 is 7.53. The number of aromatic nitrogens is 1. The number of halogens is 1. The highest BCUT2D eigenvalue weighted by atomic mass is 35.5. The van der Waals surface area contributed by atoms with E-state index in [1.165, 1.54) is 4.88 Å². The molecule has 90 valence electrons. The van der Waals surface area contributed by atoms with Gasteiger partial charge in [-0.1, -0.05) is 23.7 Å². The third-order valence-electron chi connectivity index (χ3n) is 2.70. The highest BCUT2D eigenvalue weighted by molar-refractivity contribution is 7.21. The fourth-order valence-corrected chi connectivity index (χ4v) is 3.04. The molecule has 3 rings (SSSR count). The molecule has 1 aromatic carbocycles. The van der Waals surface area contributed by atoms with E-state index in [9.17, 15) is 0 Å². The minimum absolute atomic E-state index is 0.529. The smallest absolute Gasteiger partial charge is 0.130 e. The molecule has 2 aromatic heterocycles. The van der Waals surface area contributed by atoms with Crippen LogP contribution in [-0.4, -0.2) is 12.1 Å². The van der Waals surface area contributed by atoms with Crippen molar-refractivity contribution >= 4 is 33.2 Å². The Bertz CT molecular complexity index is 708. The summed E-state index contributed by atoms with van der Waals surface area (Å²) in [6.07, 6.45) is 0. The molecule has 4 heteroatoms. The second-order valence-corrected chi connectivity index (χ2v) is 5.29. The number of hydrogen-bond acceptors (Lipinski definition) is 3. The Morgan fingerprint density at radius 3 is 2.89 bits per heavy atom. The lowest BCUT2D eigenvalue weighted by molar-refractivity contribution is 0.415. The Kier molecular flexibility index (Phi) is 2.94. The van der Waals surface area contributed by atoms with Crippen molar-refractivity contribution in [3.05, 3.63) is 47.6 Å². The molecule has 0 saturated carbocycles. The highest BCUT2D eigenvalue weighted by Crippen LogP contribution is 2.34. The summed E-state index contributed by atoms with van der Waals surface area (Å²) in [7, 11) is 1.67.